The minimum Gasteiger partial charge on any atom is -0.368 e. The first kappa shape index (κ1) is 29.8. The van der Waals surface area contributed by atoms with E-state index in [1.165, 1.54) is 17.4 Å². The lowest BCUT2D eigenvalue weighted by Crippen LogP contribution is -2.42. The van der Waals surface area contributed by atoms with Gasteiger partial charge in [-0.15, -0.1) is 11.3 Å². The van der Waals surface area contributed by atoms with E-state index in [9.17, 15) is 32.3 Å². The Bertz CT molecular complexity index is 1540. The Labute approximate surface area is 252 Å². The Balaban J connectivity index is 1.37. The molecule has 0 bridgehead atoms. The highest BCUT2D eigenvalue weighted by Gasteiger charge is 2.47. The van der Waals surface area contributed by atoms with E-state index in [-0.39, 0.29) is 17.5 Å². The van der Waals surface area contributed by atoms with Crippen molar-refractivity contribution in [3.05, 3.63) is 48.0 Å². The summed E-state index contributed by atoms with van der Waals surface area (Å²) < 4.78 is 60.2. The monoisotopic (exact) mass is 632 g/mol. The molecule has 3 fully saturated rings. The van der Waals surface area contributed by atoms with E-state index < -0.39 is 34.0 Å². The molecule has 9 nitrogen and oxygen atoms in total. The second-order valence-electron chi connectivity index (χ2n) is 11.4. The number of rotatable bonds is 6. The molecule has 3 aromatic rings. The van der Waals surface area contributed by atoms with Gasteiger partial charge in [0.15, 0.2) is 0 Å². The molecule has 3 N–H and O–H groups in total. The first-order valence-electron chi connectivity index (χ1n) is 14.2. The van der Waals surface area contributed by atoms with Gasteiger partial charge in [0.05, 0.1) is 28.1 Å². The Kier molecular flexibility index (Phi) is 7.87. The van der Waals surface area contributed by atoms with Crippen molar-refractivity contribution in [3.63, 3.8) is 0 Å². The van der Waals surface area contributed by atoms with Crippen LogP contribution in [-0.2, 0) is 11.0 Å². The first-order valence-corrected chi connectivity index (χ1v) is 16.9. The number of aromatic nitrogens is 3. The standard InChI is InChI=1S/C29H31F3N6O3S2/c30-29(31,32)27-34-12-9-22(35-27)26-36-23(20-3-1-2-4-21(20)25(39)37-28(17-33)10-11-28)24(42-26)18-5-7-19(8-6-18)38-13-15-43(40,41)16-14-38/h5-9,12,20-21,40-41H,1-4,10-11,13-16H2,(H,37,39)/t20-,21-/m1/s1. The SMILES string of the molecule is N#CC1(NC(=O)[C@@H]2CCCC[C@H]2c2nc(-c3ccnc(C(F)(F)F)n3)sc2-c2ccc(N3CCS(O)(O)CC3)cc2)CC1. The average molecular weight is 633 g/mol. The number of thiazole rings is 1. The third kappa shape index (κ3) is 6.35. The van der Waals surface area contributed by atoms with Crippen LogP contribution in [-0.4, -0.2) is 60.1 Å². The lowest BCUT2D eigenvalue weighted by atomic mass is 9.76. The maximum atomic E-state index is 13.5. The van der Waals surface area contributed by atoms with Crippen molar-refractivity contribution in [1.29, 1.82) is 5.26 Å². The normalized spacial score (nSPS) is 23.7. The van der Waals surface area contributed by atoms with Crippen molar-refractivity contribution in [2.24, 2.45) is 5.92 Å². The van der Waals surface area contributed by atoms with Crippen LogP contribution >= 0.6 is 21.9 Å². The third-order valence-electron chi connectivity index (χ3n) is 8.43. The van der Waals surface area contributed by atoms with Crippen LogP contribution < -0.4 is 10.2 Å². The number of alkyl halides is 3. The molecule has 1 amide bonds. The molecule has 228 valence electrons. The number of nitrogens with one attached hydrogen (secondary N) is 1. The van der Waals surface area contributed by atoms with Crippen LogP contribution in [0.25, 0.3) is 21.1 Å². The molecule has 6 rings (SSSR count). The van der Waals surface area contributed by atoms with Crippen LogP contribution in [0.1, 0.15) is 56.0 Å². The van der Waals surface area contributed by atoms with Crippen molar-refractivity contribution in [3.8, 4) is 27.2 Å². The number of anilines is 1. The Morgan fingerprint density at radius 3 is 2.44 bits per heavy atom. The van der Waals surface area contributed by atoms with Crippen LogP contribution in [0.3, 0.4) is 0 Å². The van der Waals surface area contributed by atoms with Gasteiger partial charge in [0.25, 0.3) is 0 Å². The fraction of sp³-hybridized carbons (Fsp3) is 0.483. The fourth-order valence-electron chi connectivity index (χ4n) is 5.81. The zero-order valence-corrected chi connectivity index (χ0v) is 24.8. The number of hydrogen-bond acceptors (Lipinski definition) is 9. The van der Waals surface area contributed by atoms with Crippen molar-refractivity contribution in [2.45, 2.75) is 56.2 Å². The van der Waals surface area contributed by atoms with Crippen molar-refractivity contribution < 1.29 is 27.1 Å². The fourth-order valence-corrected chi connectivity index (χ4v) is 8.15. The van der Waals surface area contributed by atoms with Crippen LogP contribution in [0.5, 0.6) is 0 Å². The Morgan fingerprint density at radius 1 is 1.09 bits per heavy atom. The van der Waals surface area contributed by atoms with E-state index in [0.29, 0.717) is 61.0 Å². The van der Waals surface area contributed by atoms with Gasteiger partial charge in [0, 0.05) is 36.8 Å². The Morgan fingerprint density at radius 2 is 1.79 bits per heavy atom. The molecule has 3 heterocycles. The van der Waals surface area contributed by atoms with E-state index in [4.69, 9.17) is 4.98 Å². The van der Waals surface area contributed by atoms with Crippen LogP contribution in [0.15, 0.2) is 36.5 Å². The molecular weight excluding hydrogens is 601 g/mol. The number of carbonyl (C=O) groups is 1. The molecule has 2 aliphatic carbocycles. The van der Waals surface area contributed by atoms with Gasteiger partial charge in [-0.2, -0.15) is 29.0 Å². The summed E-state index contributed by atoms with van der Waals surface area (Å²) in [5.41, 5.74) is 1.64. The lowest BCUT2D eigenvalue weighted by molar-refractivity contribution is -0.144. The maximum Gasteiger partial charge on any atom is 0.451 e. The molecule has 3 aliphatic rings. The Hall–Kier alpha value is -3.25. The zero-order chi connectivity index (χ0) is 30.4. The van der Waals surface area contributed by atoms with Crippen molar-refractivity contribution >= 4 is 33.5 Å². The van der Waals surface area contributed by atoms with E-state index >= 15 is 0 Å². The highest BCUT2D eigenvalue weighted by atomic mass is 32.3. The highest BCUT2D eigenvalue weighted by Crippen LogP contribution is 2.47. The van der Waals surface area contributed by atoms with Crippen LogP contribution in [0, 0.1) is 17.2 Å². The van der Waals surface area contributed by atoms with Crippen molar-refractivity contribution in [2.75, 3.05) is 29.5 Å². The molecule has 2 atom stereocenters. The van der Waals surface area contributed by atoms with E-state index in [2.05, 4.69) is 26.3 Å². The van der Waals surface area contributed by atoms with Gasteiger partial charge < -0.3 is 10.2 Å². The minimum absolute atomic E-state index is 0.0574. The second-order valence-corrected chi connectivity index (χ2v) is 14.8. The maximum absolute atomic E-state index is 13.5. The summed E-state index contributed by atoms with van der Waals surface area (Å²) in [7, 11) is -2.53. The summed E-state index contributed by atoms with van der Waals surface area (Å²) in [6, 6.07) is 11.4. The van der Waals surface area contributed by atoms with E-state index in [1.807, 2.05) is 24.3 Å². The van der Waals surface area contributed by atoms with E-state index in [0.717, 1.165) is 35.2 Å². The van der Waals surface area contributed by atoms with Gasteiger partial charge in [-0.25, -0.2) is 15.0 Å². The predicted octanol–water partition coefficient (Wildman–Crippen LogP) is 6.30. The quantitative estimate of drug-likeness (QED) is 0.288. The molecule has 0 unspecified atom stereocenters. The van der Waals surface area contributed by atoms with Gasteiger partial charge in [0.1, 0.15) is 16.2 Å². The summed E-state index contributed by atoms with van der Waals surface area (Å²) in [5.74, 6) is -1.50. The molecule has 1 aromatic carbocycles. The third-order valence-corrected chi connectivity index (χ3v) is 11.2. The second kappa shape index (κ2) is 11.4. The van der Waals surface area contributed by atoms with Gasteiger partial charge in [-0.1, -0.05) is 25.0 Å². The van der Waals surface area contributed by atoms with Crippen molar-refractivity contribution in [1.82, 2.24) is 20.3 Å². The molecule has 2 aromatic heterocycles. The van der Waals surface area contributed by atoms with Gasteiger partial charge in [-0.05, 0) is 49.4 Å². The zero-order valence-electron chi connectivity index (χ0n) is 23.2. The number of hydrogen-bond donors (Lipinski definition) is 3. The largest absolute Gasteiger partial charge is 0.451 e. The molecule has 43 heavy (non-hydrogen) atoms. The van der Waals surface area contributed by atoms with Crippen LogP contribution in [0.2, 0.25) is 0 Å². The molecule has 1 aliphatic heterocycles. The number of nitriles is 1. The molecule has 2 saturated carbocycles. The highest BCUT2D eigenvalue weighted by molar-refractivity contribution is 8.24. The summed E-state index contributed by atoms with van der Waals surface area (Å²) >= 11 is 1.23. The summed E-state index contributed by atoms with van der Waals surface area (Å²) in [4.78, 5) is 28.3. The van der Waals surface area contributed by atoms with Crippen LogP contribution in [0.4, 0.5) is 18.9 Å². The molecule has 0 spiro atoms. The smallest absolute Gasteiger partial charge is 0.368 e. The molecule has 0 radical (unpaired) electrons. The summed E-state index contributed by atoms with van der Waals surface area (Å²) in [6.45, 7) is 1.05. The number of benzene rings is 1. The number of carbonyl (C=O) groups excluding carboxylic acids is 1. The van der Waals surface area contributed by atoms with Gasteiger partial charge in [-0.3, -0.25) is 13.9 Å². The number of amides is 1. The summed E-state index contributed by atoms with van der Waals surface area (Å²) in [6.07, 6.45) is 0.656. The lowest BCUT2D eigenvalue weighted by Gasteiger charge is -2.41. The first-order chi connectivity index (χ1) is 20.5. The van der Waals surface area contributed by atoms with Gasteiger partial charge >= 0.3 is 6.18 Å². The average Bonchev–Trinajstić information content (AvgIpc) is 3.63. The number of halogens is 3. The summed E-state index contributed by atoms with van der Waals surface area (Å²) in [5, 5.41) is 12.8. The molecule has 14 heteroatoms. The molecule has 1 saturated heterocycles. The predicted molar refractivity (Wildman–Crippen MR) is 159 cm³/mol. The topological polar surface area (TPSA) is 135 Å². The minimum atomic E-state index is -4.71. The molecular formula is C29H31F3N6O3S2. The van der Waals surface area contributed by atoms with Gasteiger partial charge in [0.2, 0.25) is 11.7 Å². The van der Waals surface area contributed by atoms with E-state index in [1.54, 1.807) is 0 Å². The number of nitrogens with zero attached hydrogens (tertiary/aromatic N) is 5.